The Labute approximate surface area is 84.9 Å². The number of hydrogen-bond acceptors (Lipinski definition) is 1. The van der Waals surface area contributed by atoms with Crippen LogP contribution in [0.25, 0.3) is 0 Å². The summed E-state index contributed by atoms with van der Waals surface area (Å²) in [6, 6.07) is 5.21. The van der Waals surface area contributed by atoms with Gasteiger partial charge in [0.1, 0.15) is 0 Å². The van der Waals surface area contributed by atoms with Crippen LogP contribution in [0.5, 0.6) is 0 Å². The number of nitrogens with two attached hydrogens (primary N) is 1. The van der Waals surface area contributed by atoms with Gasteiger partial charge in [-0.25, -0.2) is 4.39 Å². The molecule has 2 N–H and O–H groups in total. The molecule has 1 unspecified atom stereocenters. The number of rotatable bonds is 2. The summed E-state index contributed by atoms with van der Waals surface area (Å²) in [5.41, 5.74) is 1.54. The first-order valence-electron chi connectivity index (χ1n) is 4.34. The summed E-state index contributed by atoms with van der Waals surface area (Å²) in [7, 11) is 0. The van der Waals surface area contributed by atoms with E-state index in [-0.39, 0.29) is 0 Å². The Morgan fingerprint density at radius 2 is 1.80 bits per heavy atom. The summed E-state index contributed by atoms with van der Waals surface area (Å²) in [5.74, 6) is 0. The molecule has 0 aliphatic heterocycles. The fraction of sp³-hybridized carbons (Fsp3) is 0.400. The zero-order chi connectivity index (χ0) is 11.7. The van der Waals surface area contributed by atoms with Crippen molar-refractivity contribution in [1.29, 1.82) is 0 Å². The molecule has 1 nitrogen and oxygen atoms in total. The first-order valence-corrected chi connectivity index (χ1v) is 4.34. The Kier molecular flexibility index (Phi) is 3.04. The summed E-state index contributed by atoms with van der Waals surface area (Å²) < 4.78 is 51.1. The Hall–Kier alpha value is -1.10. The summed E-state index contributed by atoms with van der Waals surface area (Å²) >= 11 is 0. The van der Waals surface area contributed by atoms with Gasteiger partial charge in [0.05, 0.1) is 0 Å². The third-order valence-electron chi connectivity index (χ3n) is 2.21. The smallest absolute Gasteiger partial charge is 0.327 e. The molecule has 0 heterocycles. The maximum atomic E-state index is 13.7. The largest absolute Gasteiger partial charge is 0.428 e. The van der Waals surface area contributed by atoms with Gasteiger partial charge in [-0.2, -0.15) is 13.2 Å². The number of benzene rings is 1. The van der Waals surface area contributed by atoms with Crippen molar-refractivity contribution in [2.75, 3.05) is 6.54 Å². The van der Waals surface area contributed by atoms with Crippen LogP contribution >= 0.6 is 0 Å². The van der Waals surface area contributed by atoms with Gasteiger partial charge in [0.2, 0.25) is 5.67 Å². The first-order chi connectivity index (χ1) is 6.81. The van der Waals surface area contributed by atoms with E-state index < -0.39 is 24.0 Å². The van der Waals surface area contributed by atoms with Crippen LogP contribution in [0.15, 0.2) is 24.3 Å². The van der Waals surface area contributed by atoms with Crippen LogP contribution in [0.1, 0.15) is 11.1 Å². The molecule has 0 spiro atoms. The minimum Gasteiger partial charge on any atom is -0.327 e. The first kappa shape index (κ1) is 12.0. The van der Waals surface area contributed by atoms with Gasteiger partial charge in [0, 0.05) is 6.54 Å². The molecule has 1 aromatic rings. The van der Waals surface area contributed by atoms with Gasteiger partial charge < -0.3 is 5.73 Å². The summed E-state index contributed by atoms with van der Waals surface area (Å²) in [5, 5.41) is 0. The highest BCUT2D eigenvalue weighted by Crippen LogP contribution is 2.41. The predicted molar refractivity (Wildman–Crippen MR) is 49.1 cm³/mol. The van der Waals surface area contributed by atoms with Gasteiger partial charge in [-0.3, -0.25) is 0 Å². The Bertz CT molecular complexity index is 348. The monoisotopic (exact) mass is 221 g/mol. The lowest BCUT2D eigenvalue weighted by molar-refractivity contribution is -0.231. The summed E-state index contributed by atoms with van der Waals surface area (Å²) in [6.45, 7) is 0.483. The highest BCUT2D eigenvalue weighted by Gasteiger charge is 2.56. The van der Waals surface area contributed by atoms with Crippen molar-refractivity contribution in [1.82, 2.24) is 0 Å². The third kappa shape index (κ3) is 2.12. The van der Waals surface area contributed by atoms with E-state index in [1.165, 1.54) is 6.07 Å². The van der Waals surface area contributed by atoms with Gasteiger partial charge in [0.25, 0.3) is 0 Å². The van der Waals surface area contributed by atoms with Crippen molar-refractivity contribution >= 4 is 0 Å². The molecule has 0 radical (unpaired) electrons. The van der Waals surface area contributed by atoms with Crippen molar-refractivity contribution < 1.29 is 17.6 Å². The molecule has 0 amide bonds. The second-order valence-corrected chi connectivity index (χ2v) is 3.37. The lowest BCUT2D eigenvalue weighted by Gasteiger charge is -2.27. The van der Waals surface area contributed by atoms with E-state index in [1.807, 2.05) is 0 Å². The average molecular weight is 221 g/mol. The maximum Gasteiger partial charge on any atom is 0.428 e. The molecular formula is C10H11F4N. The summed E-state index contributed by atoms with van der Waals surface area (Å²) in [4.78, 5) is 0. The zero-order valence-corrected chi connectivity index (χ0v) is 8.11. The van der Waals surface area contributed by atoms with Crippen molar-refractivity contribution in [3.63, 3.8) is 0 Å². The molecule has 1 rings (SSSR count). The lowest BCUT2D eigenvalue weighted by atomic mass is 9.94. The molecule has 0 aliphatic carbocycles. The van der Waals surface area contributed by atoms with Crippen LogP contribution in [0.4, 0.5) is 17.6 Å². The Morgan fingerprint density at radius 3 is 2.20 bits per heavy atom. The molecule has 84 valence electrons. The van der Waals surface area contributed by atoms with E-state index in [0.717, 1.165) is 12.1 Å². The molecule has 15 heavy (non-hydrogen) atoms. The van der Waals surface area contributed by atoms with Crippen LogP contribution in [-0.2, 0) is 5.67 Å². The molecular weight excluding hydrogens is 210 g/mol. The van der Waals surface area contributed by atoms with Crippen molar-refractivity contribution in [2.45, 2.75) is 18.8 Å². The fourth-order valence-corrected chi connectivity index (χ4v) is 1.29. The van der Waals surface area contributed by atoms with Crippen molar-refractivity contribution in [3.8, 4) is 0 Å². The molecule has 0 aromatic heterocycles. The SMILES string of the molecule is Cc1cccc(C(F)(CN)C(F)(F)F)c1. The molecule has 5 heteroatoms. The van der Waals surface area contributed by atoms with E-state index >= 15 is 0 Å². The molecule has 0 saturated carbocycles. The van der Waals surface area contributed by atoms with Crippen LogP contribution in [0, 0.1) is 6.92 Å². The topological polar surface area (TPSA) is 26.0 Å². The van der Waals surface area contributed by atoms with Crippen LogP contribution in [0.3, 0.4) is 0 Å². The fourth-order valence-electron chi connectivity index (χ4n) is 1.29. The highest BCUT2D eigenvalue weighted by molar-refractivity contribution is 5.29. The van der Waals surface area contributed by atoms with Crippen LogP contribution < -0.4 is 5.73 Å². The van der Waals surface area contributed by atoms with Gasteiger partial charge >= 0.3 is 6.18 Å². The van der Waals surface area contributed by atoms with Crippen LogP contribution in [0.2, 0.25) is 0 Å². The average Bonchev–Trinajstić information content (AvgIpc) is 2.14. The van der Waals surface area contributed by atoms with Gasteiger partial charge in [-0.1, -0.05) is 29.8 Å². The van der Waals surface area contributed by atoms with Crippen molar-refractivity contribution in [3.05, 3.63) is 35.4 Å². The predicted octanol–water partition coefficient (Wildman–Crippen LogP) is 2.68. The number of halogens is 4. The summed E-state index contributed by atoms with van der Waals surface area (Å²) in [6.07, 6.45) is -4.99. The highest BCUT2D eigenvalue weighted by atomic mass is 19.4. The van der Waals surface area contributed by atoms with E-state index in [2.05, 4.69) is 0 Å². The normalized spacial score (nSPS) is 16.1. The second-order valence-electron chi connectivity index (χ2n) is 3.37. The minimum absolute atomic E-state index is 0.447. The molecule has 1 atom stereocenters. The zero-order valence-electron chi connectivity index (χ0n) is 8.11. The maximum absolute atomic E-state index is 13.7. The van der Waals surface area contributed by atoms with Crippen LogP contribution in [-0.4, -0.2) is 12.7 Å². The van der Waals surface area contributed by atoms with E-state index in [0.29, 0.717) is 5.56 Å². The van der Waals surface area contributed by atoms with E-state index in [1.54, 1.807) is 13.0 Å². The Morgan fingerprint density at radius 1 is 1.20 bits per heavy atom. The Balaban J connectivity index is 3.23. The number of hydrogen-bond donors (Lipinski definition) is 1. The van der Waals surface area contributed by atoms with E-state index in [9.17, 15) is 17.6 Å². The number of alkyl halides is 4. The molecule has 0 aliphatic rings. The molecule has 0 bridgehead atoms. The third-order valence-corrected chi connectivity index (χ3v) is 2.21. The molecule has 0 fully saturated rings. The minimum atomic E-state index is -4.99. The quantitative estimate of drug-likeness (QED) is 0.763. The molecule has 1 aromatic carbocycles. The lowest BCUT2D eigenvalue weighted by Crippen LogP contribution is -2.44. The van der Waals surface area contributed by atoms with Gasteiger partial charge in [-0.15, -0.1) is 0 Å². The van der Waals surface area contributed by atoms with Gasteiger partial charge in [-0.05, 0) is 12.5 Å². The second kappa shape index (κ2) is 3.81. The van der Waals surface area contributed by atoms with E-state index in [4.69, 9.17) is 5.73 Å². The standard InChI is InChI=1S/C10H11F4N/c1-7-3-2-4-8(5-7)9(11,6-15)10(12,13)14/h2-5H,6,15H2,1H3. The van der Waals surface area contributed by atoms with Crippen molar-refractivity contribution in [2.24, 2.45) is 5.73 Å². The van der Waals surface area contributed by atoms with Gasteiger partial charge in [0.15, 0.2) is 0 Å². The molecule has 0 saturated heterocycles. The number of aryl methyl sites for hydroxylation is 1.